The molecule has 5 nitrogen and oxygen atoms in total. The van der Waals surface area contributed by atoms with Gasteiger partial charge in [0.25, 0.3) is 5.91 Å². The normalized spacial score (nSPS) is 17.8. The molecular formula is C8H12N4OS. The van der Waals surface area contributed by atoms with E-state index in [4.69, 9.17) is 5.73 Å². The molecule has 0 aliphatic heterocycles. The molecule has 1 saturated carbocycles. The van der Waals surface area contributed by atoms with Crippen molar-refractivity contribution < 1.29 is 4.79 Å². The first-order valence-corrected chi connectivity index (χ1v) is 5.33. The predicted molar refractivity (Wildman–Crippen MR) is 52.9 cm³/mol. The van der Waals surface area contributed by atoms with Crippen LogP contribution in [0.2, 0.25) is 0 Å². The van der Waals surface area contributed by atoms with Crippen LogP contribution in [0.3, 0.4) is 0 Å². The van der Waals surface area contributed by atoms with Crippen molar-refractivity contribution in [3.8, 4) is 0 Å². The fourth-order valence-electron chi connectivity index (χ4n) is 1.37. The van der Waals surface area contributed by atoms with Crippen LogP contribution in [0.5, 0.6) is 0 Å². The molecule has 1 aliphatic rings. The summed E-state index contributed by atoms with van der Waals surface area (Å²) >= 11 is 1.03. The molecule has 6 heteroatoms. The summed E-state index contributed by atoms with van der Waals surface area (Å²) in [5.74, 6) is 0.400. The minimum atomic E-state index is -0.166. The van der Waals surface area contributed by atoms with Crippen molar-refractivity contribution in [3.05, 3.63) is 11.9 Å². The highest BCUT2D eigenvalue weighted by atomic mass is 32.1. The number of carbonyl (C=O) groups is 1. The van der Waals surface area contributed by atoms with E-state index in [1.165, 1.54) is 6.20 Å². The van der Waals surface area contributed by atoms with E-state index in [2.05, 4.69) is 14.1 Å². The third-order valence-corrected chi connectivity index (χ3v) is 2.83. The molecule has 1 aromatic heterocycles. The molecule has 1 aliphatic carbocycles. The second-order valence-electron chi connectivity index (χ2n) is 3.45. The zero-order valence-corrected chi connectivity index (χ0v) is 8.46. The van der Waals surface area contributed by atoms with Crippen molar-refractivity contribution in [2.75, 3.05) is 6.54 Å². The van der Waals surface area contributed by atoms with Crippen LogP contribution in [0.15, 0.2) is 6.20 Å². The molecule has 2 rings (SSSR count). The zero-order chi connectivity index (χ0) is 9.97. The largest absolute Gasteiger partial charge is 0.346 e. The molecule has 3 N–H and O–H groups in total. The average molecular weight is 212 g/mol. The summed E-state index contributed by atoms with van der Waals surface area (Å²) in [6, 6.07) is 0.101. The first kappa shape index (κ1) is 9.54. The van der Waals surface area contributed by atoms with Crippen molar-refractivity contribution in [1.82, 2.24) is 14.1 Å². The molecule has 1 aromatic rings. The van der Waals surface area contributed by atoms with Crippen molar-refractivity contribution in [3.63, 3.8) is 0 Å². The smallest absolute Gasteiger partial charge is 0.272 e. The van der Waals surface area contributed by atoms with Crippen molar-refractivity contribution in [2.24, 2.45) is 11.7 Å². The van der Waals surface area contributed by atoms with Crippen LogP contribution in [0.4, 0.5) is 0 Å². The molecule has 14 heavy (non-hydrogen) atoms. The van der Waals surface area contributed by atoms with Crippen LogP contribution in [0.1, 0.15) is 23.3 Å². The van der Waals surface area contributed by atoms with E-state index in [0.29, 0.717) is 18.2 Å². The monoisotopic (exact) mass is 212 g/mol. The third-order valence-electron chi connectivity index (χ3n) is 2.36. The highest BCUT2D eigenvalue weighted by Crippen LogP contribution is 2.32. The highest BCUT2D eigenvalue weighted by molar-refractivity contribution is 6.99. The lowest BCUT2D eigenvalue weighted by Crippen LogP contribution is -2.41. The molecule has 1 heterocycles. The summed E-state index contributed by atoms with van der Waals surface area (Å²) < 4.78 is 7.64. The van der Waals surface area contributed by atoms with Gasteiger partial charge in [0.2, 0.25) is 0 Å². The van der Waals surface area contributed by atoms with E-state index in [-0.39, 0.29) is 11.9 Å². The third kappa shape index (κ3) is 2.08. The minimum absolute atomic E-state index is 0.101. The first-order valence-electron chi connectivity index (χ1n) is 4.59. The fourth-order valence-corrected chi connectivity index (χ4v) is 1.79. The summed E-state index contributed by atoms with van der Waals surface area (Å²) in [6.07, 6.45) is 3.80. The molecule has 1 fully saturated rings. The Morgan fingerprint density at radius 1 is 1.79 bits per heavy atom. The summed E-state index contributed by atoms with van der Waals surface area (Å²) in [4.78, 5) is 11.5. The second kappa shape index (κ2) is 4.02. The Bertz CT molecular complexity index is 309. The van der Waals surface area contributed by atoms with E-state index >= 15 is 0 Å². The van der Waals surface area contributed by atoms with Gasteiger partial charge in [-0.1, -0.05) is 0 Å². The lowest BCUT2D eigenvalue weighted by atomic mass is 10.2. The topological polar surface area (TPSA) is 80.9 Å². The minimum Gasteiger partial charge on any atom is -0.346 e. The van der Waals surface area contributed by atoms with Crippen LogP contribution in [-0.4, -0.2) is 27.2 Å². The summed E-state index contributed by atoms with van der Waals surface area (Å²) in [5.41, 5.74) is 5.95. The lowest BCUT2D eigenvalue weighted by molar-refractivity contribution is 0.0929. The van der Waals surface area contributed by atoms with Crippen molar-refractivity contribution >= 4 is 17.6 Å². The van der Waals surface area contributed by atoms with Gasteiger partial charge >= 0.3 is 0 Å². The number of hydrogen-bond donors (Lipinski definition) is 2. The van der Waals surface area contributed by atoms with Gasteiger partial charge < -0.3 is 11.1 Å². The van der Waals surface area contributed by atoms with Crippen LogP contribution >= 0.6 is 11.7 Å². The molecule has 0 bridgehead atoms. The van der Waals surface area contributed by atoms with Gasteiger partial charge in [-0.25, -0.2) is 0 Å². The molecule has 1 unspecified atom stereocenters. The predicted octanol–water partition coefficient (Wildman–Crippen LogP) is 0.00520. The molecular weight excluding hydrogens is 200 g/mol. The highest BCUT2D eigenvalue weighted by Gasteiger charge is 2.31. The first-order chi connectivity index (χ1) is 6.81. The van der Waals surface area contributed by atoms with Gasteiger partial charge in [0.15, 0.2) is 5.69 Å². The van der Waals surface area contributed by atoms with Gasteiger partial charge in [-0.2, -0.15) is 8.75 Å². The maximum atomic E-state index is 11.5. The summed E-state index contributed by atoms with van der Waals surface area (Å²) in [7, 11) is 0. The SMILES string of the molecule is NCC(NC(=O)c1cnsn1)C1CC1. The lowest BCUT2D eigenvalue weighted by Gasteiger charge is -2.14. The van der Waals surface area contributed by atoms with Crippen LogP contribution < -0.4 is 11.1 Å². The second-order valence-corrected chi connectivity index (χ2v) is 4.00. The summed E-state index contributed by atoms with van der Waals surface area (Å²) in [6.45, 7) is 0.494. The van der Waals surface area contributed by atoms with Crippen LogP contribution in [0.25, 0.3) is 0 Å². The Labute approximate surface area is 86.0 Å². The molecule has 0 radical (unpaired) electrons. The molecule has 0 spiro atoms. The maximum Gasteiger partial charge on any atom is 0.272 e. The molecule has 0 saturated heterocycles. The number of aromatic nitrogens is 2. The van der Waals surface area contributed by atoms with E-state index in [0.717, 1.165) is 24.6 Å². The number of nitrogens with zero attached hydrogens (tertiary/aromatic N) is 2. The Morgan fingerprint density at radius 3 is 3.07 bits per heavy atom. The molecule has 1 amide bonds. The van der Waals surface area contributed by atoms with Gasteiger partial charge in [0, 0.05) is 12.6 Å². The van der Waals surface area contributed by atoms with Crippen LogP contribution in [-0.2, 0) is 0 Å². The number of rotatable bonds is 4. The van der Waals surface area contributed by atoms with Gasteiger partial charge in [-0.3, -0.25) is 4.79 Å². The van der Waals surface area contributed by atoms with Crippen LogP contribution in [0, 0.1) is 5.92 Å². The van der Waals surface area contributed by atoms with E-state index in [1.807, 2.05) is 0 Å². The number of carbonyl (C=O) groups excluding carboxylic acids is 1. The Kier molecular flexibility index (Phi) is 2.74. The Hall–Kier alpha value is -1.01. The average Bonchev–Trinajstić information content (AvgIpc) is 2.88. The molecule has 1 atom stereocenters. The summed E-state index contributed by atoms with van der Waals surface area (Å²) in [5, 5.41) is 2.87. The van der Waals surface area contributed by atoms with Gasteiger partial charge in [0.1, 0.15) is 0 Å². The Balaban J connectivity index is 1.92. The fraction of sp³-hybridized carbons (Fsp3) is 0.625. The number of hydrogen-bond acceptors (Lipinski definition) is 5. The molecule has 0 aromatic carbocycles. The van der Waals surface area contributed by atoms with E-state index < -0.39 is 0 Å². The quantitative estimate of drug-likeness (QED) is 0.736. The van der Waals surface area contributed by atoms with E-state index in [1.54, 1.807) is 0 Å². The molecule has 76 valence electrons. The number of amides is 1. The van der Waals surface area contributed by atoms with Gasteiger partial charge in [0.05, 0.1) is 17.9 Å². The van der Waals surface area contributed by atoms with E-state index in [9.17, 15) is 4.79 Å². The Morgan fingerprint density at radius 2 is 2.57 bits per heavy atom. The van der Waals surface area contributed by atoms with Crippen molar-refractivity contribution in [1.29, 1.82) is 0 Å². The van der Waals surface area contributed by atoms with Gasteiger partial charge in [-0.05, 0) is 18.8 Å². The number of nitrogens with two attached hydrogens (primary N) is 1. The maximum absolute atomic E-state index is 11.5. The standard InChI is InChI=1S/C8H12N4OS/c9-3-6(5-1-2-5)11-8(13)7-4-10-14-12-7/h4-6H,1-3,9H2,(H,11,13). The zero-order valence-electron chi connectivity index (χ0n) is 7.64. The van der Waals surface area contributed by atoms with Crippen molar-refractivity contribution in [2.45, 2.75) is 18.9 Å². The van der Waals surface area contributed by atoms with Gasteiger partial charge in [-0.15, -0.1) is 0 Å². The number of nitrogens with one attached hydrogen (secondary N) is 1.